The highest BCUT2D eigenvalue weighted by atomic mass is 35.5. The van der Waals surface area contributed by atoms with Gasteiger partial charge in [-0.1, -0.05) is 23.2 Å². The number of hydrogen-bond acceptors (Lipinski definition) is 3. The number of rotatable bonds is 3. The van der Waals surface area contributed by atoms with Crippen LogP contribution in [0.3, 0.4) is 0 Å². The van der Waals surface area contributed by atoms with Crippen molar-refractivity contribution in [3.05, 3.63) is 28.2 Å². The quantitative estimate of drug-likeness (QED) is 0.917. The second kappa shape index (κ2) is 7.31. The monoisotopic (exact) mass is 343 g/mol. The number of halogens is 2. The Morgan fingerprint density at radius 3 is 2.36 bits per heavy atom. The normalized spacial score (nSPS) is 17.2. The van der Waals surface area contributed by atoms with E-state index in [0.717, 1.165) is 0 Å². The van der Waals surface area contributed by atoms with E-state index in [1.807, 2.05) is 6.92 Å². The summed E-state index contributed by atoms with van der Waals surface area (Å²) in [6.45, 7) is 6.07. The lowest BCUT2D eigenvalue weighted by Gasteiger charge is -2.37. The number of nitrogens with one attached hydrogen (secondary N) is 1. The maximum absolute atomic E-state index is 12.3. The molecule has 0 aliphatic carbocycles. The zero-order valence-electron chi connectivity index (χ0n) is 12.6. The second-order valence-electron chi connectivity index (χ2n) is 5.33. The third-order valence-electron chi connectivity index (χ3n) is 3.88. The molecule has 2 rings (SSSR count). The minimum absolute atomic E-state index is 0.0738. The fourth-order valence-electron chi connectivity index (χ4n) is 2.42. The predicted octanol–water partition coefficient (Wildman–Crippen LogP) is 2.48. The van der Waals surface area contributed by atoms with Gasteiger partial charge in [-0.15, -0.1) is 0 Å². The molecule has 22 heavy (non-hydrogen) atoms. The highest BCUT2D eigenvalue weighted by Crippen LogP contribution is 2.25. The van der Waals surface area contributed by atoms with Crippen molar-refractivity contribution >= 4 is 40.7 Å². The molecule has 0 aromatic heterocycles. The molecule has 1 aromatic rings. The zero-order chi connectivity index (χ0) is 16.3. The molecule has 1 atom stereocenters. The number of amides is 2. The Kier molecular flexibility index (Phi) is 5.67. The van der Waals surface area contributed by atoms with Gasteiger partial charge in [0.1, 0.15) is 0 Å². The van der Waals surface area contributed by atoms with Gasteiger partial charge >= 0.3 is 0 Å². The highest BCUT2D eigenvalue weighted by Gasteiger charge is 2.26. The van der Waals surface area contributed by atoms with Crippen LogP contribution in [0.2, 0.25) is 10.0 Å². The molecular formula is C15H19Cl2N3O2. The molecule has 0 bridgehead atoms. The smallest absolute Gasteiger partial charge is 0.241 e. The fraction of sp³-hybridized carbons (Fsp3) is 0.467. The van der Waals surface area contributed by atoms with Crippen molar-refractivity contribution in [1.82, 2.24) is 9.80 Å². The van der Waals surface area contributed by atoms with Gasteiger partial charge in [-0.2, -0.15) is 0 Å². The van der Waals surface area contributed by atoms with Gasteiger partial charge in [0.2, 0.25) is 11.8 Å². The van der Waals surface area contributed by atoms with Crippen LogP contribution < -0.4 is 5.32 Å². The summed E-state index contributed by atoms with van der Waals surface area (Å²) < 4.78 is 0. The summed E-state index contributed by atoms with van der Waals surface area (Å²) in [7, 11) is 0. The number of carbonyl (C=O) groups is 2. The Hall–Kier alpha value is -1.30. The van der Waals surface area contributed by atoms with Crippen LogP contribution in [0.25, 0.3) is 0 Å². The van der Waals surface area contributed by atoms with Crippen molar-refractivity contribution in [3.63, 3.8) is 0 Å². The minimum Gasteiger partial charge on any atom is -0.340 e. The van der Waals surface area contributed by atoms with Gasteiger partial charge in [0.15, 0.2) is 0 Å². The van der Waals surface area contributed by atoms with Crippen LogP contribution in [0.1, 0.15) is 13.8 Å². The molecule has 1 fully saturated rings. The van der Waals surface area contributed by atoms with Crippen molar-refractivity contribution in [2.75, 3.05) is 31.5 Å². The lowest BCUT2D eigenvalue weighted by Crippen LogP contribution is -2.53. The lowest BCUT2D eigenvalue weighted by molar-refractivity contribution is -0.131. The zero-order valence-corrected chi connectivity index (χ0v) is 14.1. The summed E-state index contributed by atoms with van der Waals surface area (Å²) in [5, 5.41) is 3.75. The van der Waals surface area contributed by atoms with Gasteiger partial charge in [-0.25, -0.2) is 0 Å². The van der Waals surface area contributed by atoms with Crippen molar-refractivity contribution < 1.29 is 9.59 Å². The first kappa shape index (κ1) is 17.1. The van der Waals surface area contributed by atoms with Crippen molar-refractivity contribution in [3.8, 4) is 0 Å². The second-order valence-corrected chi connectivity index (χ2v) is 6.18. The average molecular weight is 344 g/mol. The van der Waals surface area contributed by atoms with E-state index in [1.165, 1.54) is 0 Å². The molecule has 2 amide bonds. The Balaban J connectivity index is 1.94. The molecule has 0 unspecified atom stereocenters. The van der Waals surface area contributed by atoms with E-state index in [-0.39, 0.29) is 17.9 Å². The summed E-state index contributed by atoms with van der Waals surface area (Å²) in [6, 6.07) is 4.66. The SMILES string of the molecule is CC(=O)N1CCN([C@@H](C)C(=O)Nc2ccc(Cl)cc2Cl)CC1. The molecule has 5 nitrogen and oxygen atoms in total. The van der Waals surface area contributed by atoms with E-state index in [4.69, 9.17) is 23.2 Å². The molecule has 0 spiro atoms. The third-order valence-corrected chi connectivity index (χ3v) is 4.42. The molecular weight excluding hydrogens is 325 g/mol. The van der Waals surface area contributed by atoms with Gasteiger partial charge in [0.05, 0.1) is 16.8 Å². The first-order valence-electron chi connectivity index (χ1n) is 7.14. The number of benzene rings is 1. The molecule has 1 aliphatic rings. The summed E-state index contributed by atoms with van der Waals surface area (Å²) in [5.74, 6) is -0.0507. The van der Waals surface area contributed by atoms with Gasteiger partial charge in [0.25, 0.3) is 0 Å². The first-order valence-corrected chi connectivity index (χ1v) is 7.89. The molecule has 7 heteroatoms. The van der Waals surface area contributed by atoms with Crippen molar-refractivity contribution in [2.24, 2.45) is 0 Å². The molecule has 1 heterocycles. The molecule has 0 saturated carbocycles. The lowest BCUT2D eigenvalue weighted by atomic mass is 10.2. The van der Waals surface area contributed by atoms with Gasteiger partial charge in [0, 0.05) is 38.1 Å². The predicted molar refractivity (Wildman–Crippen MR) is 88.4 cm³/mol. The molecule has 1 aliphatic heterocycles. The van der Waals surface area contributed by atoms with Crippen LogP contribution in [-0.4, -0.2) is 53.8 Å². The third kappa shape index (κ3) is 4.12. The Bertz CT molecular complexity index is 572. The van der Waals surface area contributed by atoms with E-state index >= 15 is 0 Å². The summed E-state index contributed by atoms with van der Waals surface area (Å²) in [5.41, 5.74) is 0.547. The Morgan fingerprint density at radius 2 is 1.82 bits per heavy atom. The number of anilines is 1. The largest absolute Gasteiger partial charge is 0.340 e. The van der Waals surface area contributed by atoms with Crippen LogP contribution in [0.4, 0.5) is 5.69 Å². The van der Waals surface area contributed by atoms with Crippen molar-refractivity contribution in [1.29, 1.82) is 0 Å². The van der Waals surface area contributed by atoms with Crippen LogP contribution in [-0.2, 0) is 9.59 Å². The Morgan fingerprint density at radius 1 is 1.18 bits per heavy atom. The van der Waals surface area contributed by atoms with E-state index < -0.39 is 0 Å². The number of nitrogens with zero attached hydrogens (tertiary/aromatic N) is 2. The van der Waals surface area contributed by atoms with Gasteiger partial charge in [-0.05, 0) is 25.1 Å². The highest BCUT2D eigenvalue weighted by molar-refractivity contribution is 6.36. The van der Waals surface area contributed by atoms with Crippen LogP contribution >= 0.6 is 23.2 Å². The average Bonchev–Trinajstić information content (AvgIpc) is 2.49. The van der Waals surface area contributed by atoms with Crippen LogP contribution in [0.15, 0.2) is 18.2 Å². The summed E-state index contributed by atoms with van der Waals surface area (Å²) in [4.78, 5) is 27.5. The molecule has 120 valence electrons. The van der Waals surface area contributed by atoms with Crippen LogP contribution in [0, 0.1) is 0 Å². The van der Waals surface area contributed by atoms with Gasteiger partial charge < -0.3 is 10.2 Å². The van der Waals surface area contributed by atoms with E-state index in [1.54, 1.807) is 30.0 Å². The fourth-order valence-corrected chi connectivity index (χ4v) is 2.87. The molecule has 0 radical (unpaired) electrons. The minimum atomic E-state index is -0.291. The van der Waals surface area contributed by atoms with Gasteiger partial charge in [-0.3, -0.25) is 14.5 Å². The molecule has 1 saturated heterocycles. The maximum atomic E-state index is 12.3. The van der Waals surface area contributed by atoms with E-state index in [2.05, 4.69) is 10.2 Å². The Labute approximate surface area is 140 Å². The first-order chi connectivity index (χ1) is 10.4. The van der Waals surface area contributed by atoms with Crippen molar-refractivity contribution in [2.45, 2.75) is 19.9 Å². The maximum Gasteiger partial charge on any atom is 0.241 e. The van der Waals surface area contributed by atoms with E-state index in [9.17, 15) is 9.59 Å². The number of hydrogen-bond donors (Lipinski definition) is 1. The molecule has 1 aromatic carbocycles. The number of piperazine rings is 1. The standard InChI is InChI=1S/C15H19Cl2N3O2/c1-10(19-5-7-20(8-6-19)11(2)21)15(22)18-14-4-3-12(16)9-13(14)17/h3-4,9-10H,5-8H2,1-2H3,(H,18,22)/t10-/m0/s1. The topological polar surface area (TPSA) is 52.7 Å². The van der Waals surface area contributed by atoms with Crippen LogP contribution in [0.5, 0.6) is 0 Å². The molecule has 1 N–H and O–H groups in total. The summed E-state index contributed by atoms with van der Waals surface area (Å²) in [6.07, 6.45) is 0. The van der Waals surface area contributed by atoms with E-state index in [0.29, 0.717) is 41.9 Å². The summed E-state index contributed by atoms with van der Waals surface area (Å²) >= 11 is 11.9. The number of carbonyl (C=O) groups excluding carboxylic acids is 2.